The lowest BCUT2D eigenvalue weighted by Crippen LogP contribution is -2.20. The molecule has 0 atom stereocenters. The van der Waals surface area contributed by atoms with Crippen molar-refractivity contribution < 1.29 is 18.8 Å². The number of hydrogen-bond acceptors (Lipinski definition) is 6. The van der Waals surface area contributed by atoms with Gasteiger partial charge in [0.15, 0.2) is 17.5 Å². The SMILES string of the molecule is Cc1ccc([N+](=O)[O-])c(OCC(=O)Nc2nc(-c3ccc(F)cc3)cs2)c1. The number of nitro groups is 1. The summed E-state index contributed by atoms with van der Waals surface area (Å²) in [5, 5.41) is 15.7. The zero-order chi connectivity index (χ0) is 19.4. The number of carbonyl (C=O) groups is 1. The monoisotopic (exact) mass is 387 g/mol. The number of hydrogen-bond donors (Lipinski definition) is 1. The topological polar surface area (TPSA) is 94.4 Å². The molecule has 7 nitrogen and oxygen atoms in total. The third kappa shape index (κ3) is 4.64. The molecule has 1 heterocycles. The van der Waals surface area contributed by atoms with E-state index in [0.717, 1.165) is 11.1 Å². The summed E-state index contributed by atoms with van der Waals surface area (Å²) in [6, 6.07) is 10.3. The van der Waals surface area contributed by atoms with Crippen LogP contribution in [0, 0.1) is 22.9 Å². The van der Waals surface area contributed by atoms with Gasteiger partial charge in [-0.1, -0.05) is 6.07 Å². The first-order chi connectivity index (χ1) is 12.9. The van der Waals surface area contributed by atoms with Gasteiger partial charge in [0.25, 0.3) is 5.91 Å². The molecule has 27 heavy (non-hydrogen) atoms. The molecule has 0 saturated carbocycles. The van der Waals surface area contributed by atoms with Crippen LogP contribution in [0.5, 0.6) is 5.75 Å². The molecule has 0 aliphatic heterocycles. The first-order valence-corrected chi connectivity index (χ1v) is 8.69. The first kappa shape index (κ1) is 18.5. The van der Waals surface area contributed by atoms with Crippen molar-refractivity contribution in [2.24, 2.45) is 0 Å². The van der Waals surface area contributed by atoms with Crippen LogP contribution in [0.2, 0.25) is 0 Å². The number of rotatable bonds is 6. The Balaban J connectivity index is 1.63. The molecular formula is C18H14FN3O4S. The molecule has 1 aromatic heterocycles. The van der Waals surface area contributed by atoms with E-state index in [1.54, 1.807) is 30.5 Å². The van der Waals surface area contributed by atoms with Crippen molar-refractivity contribution in [2.45, 2.75) is 6.92 Å². The quantitative estimate of drug-likeness (QED) is 0.506. The summed E-state index contributed by atoms with van der Waals surface area (Å²) >= 11 is 1.21. The normalized spacial score (nSPS) is 10.4. The van der Waals surface area contributed by atoms with Crippen molar-refractivity contribution in [3.05, 3.63) is 69.3 Å². The molecule has 0 saturated heterocycles. The van der Waals surface area contributed by atoms with Gasteiger partial charge in [-0.3, -0.25) is 20.2 Å². The van der Waals surface area contributed by atoms with E-state index in [-0.39, 0.29) is 17.3 Å². The second-order valence-electron chi connectivity index (χ2n) is 5.61. The van der Waals surface area contributed by atoms with E-state index >= 15 is 0 Å². The summed E-state index contributed by atoms with van der Waals surface area (Å²) in [7, 11) is 0. The molecule has 0 aliphatic carbocycles. The number of aromatic nitrogens is 1. The third-order valence-corrected chi connectivity index (χ3v) is 4.32. The Bertz CT molecular complexity index is 989. The van der Waals surface area contributed by atoms with Crippen LogP contribution in [0.25, 0.3) is 11.3 Å². The number of aryl methyl sites for hydroxylation is 1. The number of carbonyl (C=O) groups excluding carboxylic acids is 1. The van der Waals surface area contributed by atoms with Crippen molar-refractivity contribution in [3.63, 3.8) is 0 Å². The smallest absolute Gasteiger partial charge is 0.310 e. The van der Waals surface area contributed by atoms with E-state index in [9.17, 15) is 19.3 Å². The molecule has 0 aliphatic rings. The van der Waals surface area contributed by atoms with Crippen molar-refractivity contribution >= 4 is 28.1 Å². The molecule has 3 rings (SSSR count). The van der Waals surface area contributed by atoms with E-state index in [4.69, 9.17) is 4.74 Å². The largest absolute Gasteiger partial charge is 0.477 e. The molecule has 0 bridgehead atoms. The predicted octanol–water partition coefficient (Wildman–Crippen LogP) is 4.18. The fourth-order valence-corrected chi connectivity index (χ4v) is 3.01. The minimum atomic E-state index is -0.567. The molecular weight excluding hydrogens is 373 g/mol. The molecule has 0 radical (unpaired) electrons. The van der Waals surface area contributed by atoms with Gasteiger partial charge in [-0.15, -0.1) is 11.3 Å². The van der Waals surface area contributed by atoms with Crippen LogP contribution in [-0.4, -0.2) is 22.4 Å². The zero-order valence-corrected chi connectivity index (χ0v) is 15.0. The molecule has 0 unspecified atom stereocenters. The Hall–Kier alpha value is -3.33. The van der Waals surface area contributed by atoms with E-state index in [1.165, 1.54) is 35.6 Å². The highest BCUT2D eigenvalue weighted by atomic mass is 32.1. The molecule has 2 aromatic carbocycles. The Morgan fingerprint density at radius 2 is 2.04 bits per heavy atom. The Labute approximate surface area is 157 Å². The lowest BCUT2D eigenvalue weighted by molar-refractivity contribution is -0.385. The van der Waals surface area contributed by atoms with E-state index in [1.807, 2.05) is 0 Å². The van der Waals surface area contributed by atoms with E-state index < -0.39 is 17.4 Å². The molecule has 9 heteroatoms. The molecule has 1 amide bonds. The lowest BCUT2D eigenvalue weighted by atomic mass is 10.2. The van der Waals surface area contributed by atoms with Crippen LogP contribution in [0.1, 0.15) is 5.56 Å². The summed E-state index contributed by atoms with van der Waals surface area (Å²) in [5.74, 6) is -0.808. The maximum absolute atomic E-state index is 13.0. The van der Waals surface area contributed by atoms with Gasteiger partial charge in [0.1, 0.15) is 5.82 Å². The first-order valence-electron chi connectivity index (χ1n) is 7.81. The fraction of sp³-hybridized carbons (Fsp3) is 0.111. The van der Waals surface area contributed by atoms with Crippen molar-refractivity contribution in [1.29, 1.82) is 0 Å². The number of thiazole rings is 1. The fourth-order valence-electron chi connectivity index (χ4n) is 2.27. The molecule has 138 valence electrons. The zero-order valence-electron chi connectivity index (χ0n) is 14.1. The second-order valence-corrected chi connectivity index (χ2v) is 6.47. The van der Waals surface area contributed by atoms with E-state index in [2.05, 4.69) is 10.3 Å². The number of ether oxygens (including phenoxy) is 1. The van der Waals surface area contributed by atoms with Gasteiger partial charge in [0, 0.05) is 17.0 Å². The van der Waals surface area contributed by atoms with E-state index in [0.29, 0.717) is 10.8 Å². The number of anilines is 1. The number of nitro benzene ring substituents is 1. The summed E-state index contributed by atoms with van der Waals surface area (Å²) in [6.07, 6.45) is 0. The van der Waals surface area contributed by atoms with Crippen molar-refractivity contribution in [2.75, 3.05) is 11.9 Å². The lowest BCUT2D eigenvalue weighted by Gasteiger charge is -2.07. The maximum Gasteiger partial charge on any atom is 0.310 e. The predicted molar refractivity (Wildman–Crippen MR) is 99.5 cm³/mol. The van der Waals surface area contributed by atoms with Gasteiger partial charge >= 0.3 is 5.69 Å². The highest BCUT2D eigenvalue weighted by Crippen LogP contribution is 2.28. The van der Waals surface area contributed by atoms with Crippen LogP contribution in [-0.2, 0) is 4.79 Å². The minimum Gasteiger partial charge on any atom is -0.477 e. The van der Waals surface area contributed by atoms with Crippen molar-refractivity contribution in [3.8, 4) is 17.0 Å². The molecule has 3 aromatic rings. The van der Waals surface area contributed by atoms with Gasteiger partial charge < -0.3 is 4.74 Å². The highest BCUT2D eigenvalue weighted by Gasteiger charge is 2.16. The van der Waals surface area contributed by atoms with Crippen molar-refractivity contribution in [1.82, 2.24) is 4.98 Å². The van der Waals surface area contributed by atoms with Gasteiger partial charge in [-0.2, -0.15) is 0 Å². The minimum absolute atomic E-state index is 0.0290. The number of nitrogens with one attached hydrogen (secondary N) is 1. The highest BCUT2D eigenvalue weighted by molar-refractivity contribution is 7.14. The average Bonchev–Trinajstić information content (AvgIpc) is 3.08. The third-order valence-electron chi connectivity index (χ3n) is 3.56. The average molecular weight is 387 g/mol. The Morgan fingerprint density at radius 3 is 2.74 bits per heavy atom. The Kier molecular flexibility index (Phi) is 5.41. The van der Waals surface area contributed by atoms with Crippen LogP contribution in [0.15, 0.2) is 47.8 Å². The van der Waals surface area contributed by atoms with Crippen LogP contribution < -0.4 is 10.1 Å². The van der Waals surface area contributed by atoms with Gasteiger partial charge in [0.05, 0.1) is 10.6 Å². The van der Waals surface area contributed by atoms with Gasteiger partial charge in [-0.05, 0) is 42.8 Å². The molecule has 0 fully saturated rings. The number of halogens is 1. The summed E-state index contributed by atoms with van der Waals surface area (Å²) in [6.45, 7) is 1.37. The summed E-state index contributed by atoms with van der Waals surface area (Å²) in [4.78, 5) is 26.8. The summed E-state index contributed by atoms with van der Waals surface area (Å²) < 4.78 is 18.3. The van der Waals surface area contributed by atoms with Crippen LogP contribution in [0.3, 0.4) is 0 Å². The van der Waals surface area contributed by atoms with Gasteiger partial charge in [-0.25, -0.2) is 9.37 Å². The summed E-state index contributed by atoms with van der Waals surface area (Å²) in [5.41, 5.74) is 1.89. The number of amides is 1. The second kappa shape index (κ2) is 7.92. The van der Waals surface area contributed by atoms with Crippen LogP contribution >= 0.6 is 11.3 Å². The number of nitrogens with zero attached hydrogens (tertiary/aromatic N) is 2. The maximum atomic E-state index is 13.0. The Morgan fingerprint density at radius 1 is 1.30 bits per heavy atom. The standard InChI is InChI=1S/C18H14FN3O4S/c1-11-2-7-15(22(24)25)16(8-11)26-9-17(23)21-18-20-14(10-27-18)12-3-5-13(19)6-4-12/h2-8,10H,9H2,1H3,(H,20,21,23). The number of benzene rings is 2. The molecule has 0 spiro atoms. The van der Waals surface area contributed by atoms with Gasteiger partial charge in [0.2, 0.25) is 0 Å². The molecule has 1 N–H and O–H groups in total. The van der Waals surface area contributed by atoms with Crippen LogP contribution in [0.4, 0.5) is 15.2 Å².